The lowest BCUT2D eigenvalue weighted by Crippen LogP contribution is -2.31. The van der Waals surface area contributed by atoms with Crippen LogP contribution in [0.25, 0.3) is 10.4 Å². The molecule has 1 rings (SSSR count). The van der Waals surface area contributed by atoms with Crippen LogP contribution >= 0.6 is 23.5 Å². The molecule has 0 saturated carbocycles. The van der Waals surface area contributed by atoms with Gasteiger partial charge in [-0.15, -0.1) is 0 Å². The number of nitrogens with zero attached hydrogens (tertiary/aromatic N) is 3. The number of azide groups is 1. The van der Waals surface area contributed by atoms with Crippen molar-refractivity contribution in [3.63, 3.8) is 0 Å². The average Bonchev–Trinajstić information content (AvgIpc) is 2.72. The Kier molecular flexibility index (Phi) is 8.40. The Morgan fingerprint density at radius 1 is 1.23 bits per heavy atom. The Labute approximate surface area is 147 Å². The molecule has 152 valence electrons. The van der Waals surface area contributed by atoms with Crippen LogP contribution in [0.5, 0.6) is 0 Å². The van der Waals surface area contributed by atoms with Gasteiger partial charge in [-0.25, -0.2) is 13.7 Å². The summed E-state index contributed by atoms with van der Waals surface area (Å²) in [5, 5.41) is 3.31. The third-order valence-electron chi connectivity index (χ3n) is 2.79. The molecule has 0 radical (unpaired) electrons. The van der Waals surface area contributed by atoms with Crippen LogP contribution in [0.15, 0.2) is 5.11 Å². The van der Waals surface area contributed by atoms with Gasteiger partial charge in [-0.1, -0.05) is 5.11 Å². The summed E-state index contributed by atoms with van der Waals surface area (Å²) in [5.41, 5.74) is 8.35. The highest BCUT2D eigenvalue weighted by Crippen LogP contribution is 2.66. The van der Waals surface area contributed by atoms with Crippen molar-refractivity contribution in [2.45, 2.75) is 44.8 Å². The van der Waals surface area contributed by atoms with E-state index in [1.807, 2.05) is 0 Å². The van der Waals surface area contributed by atoms with Crippen molar-refractivity contribution in [3.8, 4) is 0 Å². The van der Waals surface area contributed by atoms with Crippen molar-refractivity contribution in [1.29, 1.82) is 0 Å². The summed E-state index contributed by atoms with van der Waals surface area (Å²) in [6.45, 7) is 2.50. The molecule has 4 unspecified atom stereocenters. The quantitative estimate of drug-likeness (QED) is 0.164. The largest absolute Gasteiger partial charge is 0.490 e. The number of rotatable bonds is 10. The second-order valence-corrected chi connectivity index (χ2v) is 9.51. The smallest absolute Gasteiger partial charge is 0.370 e. The van der Waals surface area contributed by atoms with Gasteiger partial charge in [-0.05, 0) is 19.4 Å². The fourth-order valence-corrected chi connectivity index (χ4v) is 5.06. The number of hydrogen-bond donors (Lipinski definition) is 4. The average molecular weight is 441 g/mol. The van der Waals surface area contributed by atoms with E-state index in [1.165, 1.54) is 6.92 Å². The highest BCUT2D eigenvalue weighted by Gasteiger charge is 2.42. The number of hydrogen-bond acceptors (Lipinski definition) is 9. The zero-order valence-electron chi connectivity index (χ0n) is 13.5. The van der Waals surface area contributed by atoms with E-state index in [-0.39, 0.29) is 6.10 Å². The molecule has 0 spiro atoms. The van der Waals surface area contributed by atoms with Gasteiger partial charge in [0.05, 0.1) is 18.8 Å². The summed E-state index contributed by atoms with van der Waals surface area (Å²) < 4.78 is 55.9. The lowest BCUT2D eigenvalue weighted by Gasteiger charge is -2.22. The fourth-order valence-electron chi connectivity index (χ4n) is 2.03. The molecular formula is C8H18N3O12P3. The molecule has 0 amide bonds. The van der Waals surface area contributed by atoms with E-state index in [9.17, 15) is 18.6 Å². The second-order valence-electron chi connectivity index (χ2n) is 5.09. The molecule has 0 aromatic carbocycles. The molecule has 4 N–H and O–H groups in total. The van der Waals surface area contributed by atoms with Gasteiger partial charge in [0.1, 0.15) is 12.3 Å². The first-order chi connectivity index (χ1) is 11.7. The minimum atomic E-state index is -5.58. The summed E-state index contributed by atoms with van der Waals surface area (Å²) in [5.74, 6) is 0. The first kappa shape index (κ1) is 23.7. The number of phosphoric acid groups is 3. The summed E-state index contributed by atoms with van der Waals surface area (Å²) >= 11 is 0. The van der Waals surface area contributed by atoms with E-state index in [4.69, 9.17) is 29.7 Å². The van der Waals surface area contributed by atoms with E-state index in [2.05, 4.69) is 23.2 Å². The summed E-state index contributed by atoms with van der Waals surface area (Å²) in [6, 6.07) is 0. The Bertz CT molecular complexity index is 677. The van der Waals surface area contributed by atoms with Crippen LogP contribution in [0.1, 0.15) is 20.3 Å². The van der Waals surface area contributed by atoms with Gasteiger partial charge in [-0.2, -0.15) is 8.62 Å². The van der Waals surface area contributed by atoms with Gasteiger partial charge in [0.2, 0.25) is 0 Å². The van der Waals surface area contributed by atoms with Gasteiger partial charge in [0.15, 0.2) is 0 Å². The molecule has 18 heteroatoms. The Balaban J connectivity index is 2.66. The lowest BCUT2D eigenvalue weighted by atomic mass is 10.1. The third kappa shape index (κ3) is 9.03. The molecule has 1 aliphatic rings. The maximum Gasteiger partial charge on any atom is 0.490 e. The molecule has 1 heterocycles. The summed E-state index contributed by atoms with van der Waals surface area (Å²) in [6.07, 6.45) is -2.43. The van der Waals surface area contributed by atoms with Crippen LogP contribution in [0.2, 0.25) is 0 Å². The standard InChI is InChI=1S/C8H18N3O12P3/c1-5-3-7(21-6(2)10-11-9)8(20-5)4-19-25(15,16)23-26(17,18)22-24(12,13)14/h5-8H,3-4H2,1-2H3,(H,15,16)(H,17,18)(H2,12,13,14)/t5-,6?,7?,8+/m0/s1. The first-order valence-corrected chi connectivity index (χ1v) is 11.4. The van der Waals surface area contributed by atoms with Crippen molar-refractivity contribution in [1.82, 2.24) is 0 Å². The van der Waals surface area contributed by atoms with Crippen molar-refractivity contribution in [3.05, 3.63) is 10.4 Å². The molecular weight excluding hydrogens is 423 g/mol. The Morgan fingerprint density at radius 3 is 2.38 bits per heavy atom. The van der Waals surface area contributed by atoms with Crippen LogP contribution in [0.3, 0.4) is 0 Å². The molecule has 0 aliphatic carbocycles. The molecule has 0 bridgehead atoms. The van der Waals surface area contributed by atoms with E-state index in [0.717, 1.165) is 0 Å². The number of phosphoric ester groups is 1. The van der Waals surface area contributed by atoms with Gasteiger partial charge in [0, 0.05) is 11.3 Å². The SMILES string of the molecule is CC(N=[N+]=[N-])OC1C[C@H](C)O[C@@H]1COP(=O)(O)OP(=O)(O)OP(=O)(O)O. The molecule has 0 aromatic rings. The first-order valence-electron chi connectivity index (χ1n) is 6.86. The van der Waals surface area contributed by atoms with E-state index < -0.39 is 48.5 Å². The maximum atomic E-state index is 11.7. The van der Waals surface area contributed by atoms with Crippen LogP contribution in [-0.2, 0) is 36.3 Å². The van der Waals surface area contributed by atoms with Gasteiger partial charge < -0.3 is 29.0 Å². The van der Waals surface area contributed by atoms with Crippen LogP contribution in [-0.4, -0.2) is 50.7 Å². The van der Waals surface area contributed by atoms with Crippen LogP contribution in [0, 0.1) is 0 Å². The molecule has 0 aromatic heterocycles. The summed E-state index contributed by atoms with van der Waals surface area (Å²) in [4.78, 5) is 37.9. The molecule has 1 fully saturated rings. The van der Waals surface area contributed by atoms with E-state index in [0.29, 0.717) is 6.42 Å². The van der Waals surface area contributed by atoms with E-state index >= 15 is 0 Å². The summed E-state index contributed by atoms with van der Waals surface area (Å²) in [7, 11) is -16.3. The second kappa shape index (κ2) is 9.22. The van der Waals surface area contributed by atoms with Crippen molar-refractivity contribution in [2.75, 3.05) is 6.61 Å². The lowest BCUT2D eigenvalue weighted by molar-refractivity contribution is -0.0643. The van der Waals surface area contributed by atoms with Crippen molar-refractivity contribution >= 4 is 23.5 Å². The fraction of sp³-hybridized carbons (Fsp3) is 1.00. The molecule has 26 heavy (non-hydrogen) atoms. The topological polar surface area (TPSA) is 227 Å². The van der Waals surface area contributed by atoms with Crippen molar-refractivity contribution in [2.24, 2.45) is 5.11 Å². The van der Waals surface area contributed by atoms with E-state index in [1.54, 1.807) is 6.92 Å². The maximum absolute atomic E-state index is 11.7. The Morgan fingerprint density at radius 2 is 1.85 bits per heavy atom. The monoisotopic (exact) mass is 441 g/mol. The highest BCUT2D eigenvalue weighted by molar-refractivity contribution is 7.66. The minimum Gasteiger partial charge on any atom is -0.370 e. The van der Waals surface area contributed by atoms with Gasteiger partial charge in [0.25, 0.3) is 0 Å². The predicted molar refractivity (Wildman–Crippen MR) is 82.2 cm³/mol. The van der Waals surface area contributed by atoms with Crippen LogP contribution < -0.4 is 0 Å². The highest BCUT2D eigenvalue weighted by atomic mass is 31.3. The molecule has 15 nitrogen and oxygen atoms in total. The third-order valence-corrected chi connectivity index (χ3v) is 6.59. The Hall–Kier alpha value is -0.360. The zero-order valence-corrected chi connectivity index (χ0v) is 16.1. The van der Waals surface area contributed by atoms with Crippen LogP contribution in [0.4, 0.5) is 0 Å². The molecule has 1 saturated heterocycles. The van der Waals surface area contributed by atoms with Gasteiger partial charge in [-0.3, -0.25) is 4.52 Å². The zero-order chi connectivity index (χ0) is 20.2. The predicted octanol–water partition coefficient (Wildman–Crippen LogP) is 1.55. The normalized spacial score (nSPS) is 29.4. The molecule has 1 aliphatic heterocycles. The van der Waals surface area contributed by atoms with Crippen molar-refractivity contribution < 1.29 is 55.9 Å². The number of ether oxygens (including phenoxy) is 2. The van der Waals surface area contributed by atoms with Gasteiger partial charge >= 0.3 is 23.5 Å². The minimum absolute atomic E-state index is 0.326. The molecule has 6 atom stereocenters.